The summed E-state index contributed by atoms with van der Waals surface area (Å²) in [4.78, 5) is 22.9. The van der Waals surface area contributed by atoms with Gasteiger partial charge < -0.3 is 15.4 Å². The number of methoxy groups -OCH3 is 1. The number of carbonyl (C=O) groups excluding carboxylic acids is 2. The summed E-state index contributed by atoms with van der Waals surface area (Å²) in [5, 5.41) is 5.50. The van der Waals surface area contributed by atoms with Crippen LogP contribution in [0.15, 0.2) is 18.2 Å². The Kier molecular flexibility index (Phi) is 6.56. The number of hydrogen-bond donors (Lipinski definition) is 2. The molecule has 0 unspecified atom stereocenters. The largest absolute Gasteiger partial charge is 0.495 e. The Morgan fingerprint density at radius 1 is 1.20 bits per heavy atom. The Bertz CT molecular complexity index is 472. The second-order valence-electron chi connectivity index (χ2n) is 4.60. The molecule has 1 aromatic carbocycles. The van der Waals surface area contributed by atoms with Gasteiger partial charge in [-0.15, -0.1) is 0 Å². The van der Waals surface area contributed by atoms with Crippen LogP contribution in [0.5, 0.6) is 5.75 Å². The van der Waals surface area contributed by atoms with Gasteiger partial charge in [0.25, 0.3) is 0 Å². The van der Waals surface area contributed by atoms with E-state index in [4.69, 9.17) is 4.74 Å². The van der Waals surface area contributed by atoms with Crippen LogP contribution in [0.4, 0.5) is 11.4 Å². The van der Waals surface area contributed by atoms with Crippen molar-refractivity contribution in [2.45, 2.75) is 39.5 Å². The minimum absolute atomic E-state index is 0.0163. The van der Waals surface area contributed by atoms with E-state index in [0.717, 1.165) is 19.3 Å². The molecular weight excluding hydrogens is 256 g/mol. The molecule has 0 bridgehead atoms. The topological polar surface area (TPSA) is 67.4 Å². The molecule has 5 nitrogen and oxygen atoms in total. The van der Waals surface area contributed by atoms with Crippen molar-refractivity contribution in [1.29, 1.82) is 0 Å². The van der Waals surface area contributed by atoms with Gasteiger partial charge in [0.1, 0.15) is 5.75 Å². The monoisotopic (exact) mass is 278 g/mol. The molecule has 0 fully saturated rings. The van der Waals surface area contributed by atoms with E-state index in [2.05, 4.69) is 17.6 Å². The van der Waals surface area contributed by atoms with Crippen LogP contribution in [0.2, 0.25) is 0 Å². The minimum atomic E-state index is -0.185. The zero-order valence-corrected chi connectivity index (χ0v) is 12.3. The van der Waals surface area contributed by atoms with E-state index in [-0.39, 0.29) is 11.8 Å². The van der Waals surface area contributed by atoms with Crippen LogP contribution in [-0.2, 0) is 9.59 Å². The molecule has 0 aliphatic carbocycles. The molecular formula is C15H22N2O3. The standard InChI is InChI=1S/C15H22N2O3/c1-4-5-6-7-15(19)17-12-8-9-14(20-3)13(10-12)16-11(2)18/h8-10H,4-7H2,1-3H3,(H,16,18)(H,17,19). The van der Waals surface area contributed by atoms with Crippen LogP contribution >= 0.6 is 0 Å². The highest BCUT2D eigenvalue weighted by atomic mass is 16.5. The lowest BCUT2D eigenvalue weighted by atomic mass is 10.2. The number of amides is 2. The summed E-state index contributed by atoms with van der Waals surface area (Å²) < 4.78 is 5.16. The molecule has 20 heavy (non-hydrogen) atoms. The van der Waals surface area contributed by atoms with Crippen LogP contribution in [0, 0.1) is 0 Å². The molecule has 110 valence electrons. The summed E-state index contributed by atoms with van der Waals surface area (Å²) in [6.45, 7) is 3.52. The second-order valence-corrected chi connectivity index (χ2v) is 4.60. The molecule has 0 heterocycles. The maximum Gasteiger partial charge on any atom is 0.224 e. The fourth-order valence-electron chi connectivity index (χ4n) is 1.83. The van der Waals surface area contributed by atoms with E-state index in [0.29, 0.717) is 23.5 Å². The number of carbonyl (C=O) groups is 2. The van der Waals surface area contributed by atoms with Gasteiger partial charge in [-0.1, -0.05) is 19.8 Å². The number of hydrogen-bond acceptors (Lipinski definition) is 3. The summed E-state index contributed by atoms with van der Waals surface area (Å²) in [6.07, 6.45) is 3.53. The molecule has 0 spiro atoms. The first-order valence-electron chi connectivity index (χ1n) is 6.82. The Hall–Kier alpha value is -2.04. The fourth-order valence-corrected chi connectivity index (χ4v) is 1.83. The van der Waals surface area contributed by atoms with E-state index in [9.17, 15) is 9.59 Å². The average Bonchev–Trinajstić information content (AvgIpc) is 2.38. The molecule has 5 heteroatoms. The molecule has 0 aromatic heterocycles. The third-order valence-electron chi connectivity index (χ3n) is 2.80. The third kappa shape index (κ3) is 5.30. The Balaban J connectivity index is 2.71. The first kappa shape index (κ1) is 16.0. The smallest absolute Gasteiger partial charge is 0.224 e. The predicted molar refractivity (Wildman–Crippen MR) is 80.1 cm³/mol. The van der Waals surface area contributed by atoms with E-state index in [1.807, 2.05) is 0 Å². The Morgan fingerprint density at radius 3 is 2.55 bits per heavy atom. The molecule has 1 aromatic rings. The molecule has 0 aliphatic heterocycles. The quantitative estimate of drug-likeness (QED) is 0.753. The molecule has 0 atom stereocenters. The van der Waals surface area contributed by atoms with Crippen LogP contribution in [0.1, 0.15) is 39.5 Å². The average molecular weight is 278 g/mol. The van der Waals surface area contributed by atoms with Gasteiger partial charge in [0.15, 0.2) is 0 Å². The lowest BCUT2D eigenvalue weighted by Gasteiger charge is -2.11. The van der Waals surface area contributed by atoms with E-state index in [1.54, 1.807) is 18.2 Å². The summed E-state index contributed by atoms with van der Waals surface area (Å²) in [7, 11) is 1.53. The number of nitrogens with one attached hydrogen (secondary N) is 2. The van der Waals surface area contributed by atoms with Gasteiger partial charge in [0.05, 0.1) is 12.8 Å². The molecule has 1 rings (SSSR count). The van der Waals surface area contributed by atoms with Gasteiger partial charge in [-0.05, 0) is 24.6 Å². The highest BCUT2D eigenvalue weighted by Crippen LogP contribution is 2.27. The fraction of sp³-hybridized carbons (Fsp3) is 0.467. The highest BCUT2D eigenvalue weighted by molar-refractivity contribution is 5.94. The van der Waals surface area contributed by atoms with Crippen molar-refractivity contribution < 1.29 is 14.3 Å². The molecule has 0 saturated heterocycles. The van der Waals surface area contributed by atoms with Crippen molar-refractivity contribution in [2.24, 2.45) is 0 Å². The molecule has 2 N–H and O–H groups in total. The van der Waals surface area contributed by atoms with Crippen LogP contribution in [0.3, 0.4) is 0 Å². The van der Waals surface area contributed by atoms with Gasteiger partial charge in [-0.25, -0.2) is 0 Å². The zero-order valence-electron chi connectivity index (χ0n) is 12.3. The molecule has 2 amide bonds. The second kappa shape index (κ2) is 8.19. The number of ether oxygens (including phenoxy) is 1. The third-order valence-corrected chi connectivity index (χ3v) is 2.80. The Morgan fingerprint density at radius 2 is 1.95 bits per heavy atom. The number of rotatable bonds is 7. The predicted octanol–water partition coefficient (Wildman–Crippen LogP) is 3.17. The van der Waals surface area contributed by atoms with Crippen molar-refractivity contribution >= 4 is 23.2 Å². The number of benzene rings is 1. The normalized spacial score (nSPS) is 9.95. The first-order valence-corrected chi connectivity index (χ1v) is 6.82. The highest BCUT2D eigenvalue weighted by Gasteiger charge is 2.08. The van der Waals surface area contributed by atoms with Gasteiger partial charge in [0.2, 0.25) is 11.8 Å². The van der Waals surface area contributed by atoms with E-state index < -0.39 is 0 Å². The van der Waals surface area contributed by atoms with Crippen molar-refractivity contribution in [1.82, 2.24) is 0 Å². The SMILES string of the molecule is CCCCCC(=O)Nc1ccc(OC)c(NC(C)=O)c1. The van der Waals surface area contributed by atoms with Gasteiger partial charge in [-0.3, -0.25) is 9.59 Å². The summed E-state index contributed by atoms with van der Waals surface area (Å²) in [5.74, 6) is 0.358. The minimum Gasteiger partial charge on any atom is -0.495 e. The lowest BCUT2D eigenvalue weighted by Crippen LogP contribution is -2.12. The van der Waals surface area contributed by atoms with Crippen LogP contribution in [-0.4, -0.2) is 18.9 Å². The van der Waals surface area contributed by atoms with Gasteiger partial charge in [0, 0.05) is 19.0 Å². The van der Waals surface area contributed by atoms with Crippen molar-refractivity contribution in [3.05, 3.63) is 18.2 Å². The van der Waals surface area contributed by atoms with Crippen molar-refractivity contribution in [3.8, 4) is 5.75 Å². The van der Waals surface area contributed by atoms with Crippen LogP contribution < -0.4 is 15.4 Å². The number of anilines is 2. The maximum absolute atomic E-state index is 11.7. The van der Waals surface area contributed by atoms with Crippen LogP contribution in [0.25, 0.3) is 0 Å². The van der Waals surface area contributed by atoms with Crippen molar-refractivity contribution in [2.75, 3.05) is 17.7 Å². The van der Waals surface area contributed by atoms with Gasteiger partial charge >= 0.3 is 0 Å². The summed E-state index contributed by atoms with van der Waals surface area (Å²) in [6, 6.07) is 5.16. The molecule has 0 radical (unpaired) electrons. The Labute approximate surface area is 119 Å². The number of unbranched alkanes of at least 4 members (excludes halogenated alkanes) is 2. The van der Waals surface area contributed by atoms with Gasteiger partial charge in [-0.2, -0.15) is 0 Å². The van der Waals surface area contributed by atoms with Crippen molar-refractivity contribution in [3.63, 3.8) is 0 Å². The van der Waals surface area contributed by atoms with E-state index in [1.165, 1.54) is 14.0 Å². The van der Waals surface area contributed by atoms with E-state index >= 15 is 0 Å². The molecule has 0 saturated carbocycles. The zero-order chi connectivity index (χ0) is 15.0. The maximum atomic E-state index is 11.7. The lowest BCUT2D eigenvalue weighted by molar-refractivity contribution is -0.116. The summed E-state index contributed by atoms with van der Waals surface area (Å²) in [5.41, 5.74) is 1.20. The summed E-state index contributed by atoms with van der Waals surface area (Å²) >= 11 is 0. The first-order chi connectivity index (χ1) is 9.56. The molecule has 0 aliphatic rings.